The second-order valence-electron chi connectivity index (χ2n) is 31.2. The number of unbranched alkanes of at least 4 members (excludes halogenated alkanes) is 57. The van der Waals surface area contributed by atoms with Crippen molar-refractivity contribution in [1.29, 1.82) is 0 Å². The highest BCUT2D eigenvalue weighted by molar-refractivity contribution is 7.47. The first-order chi connectivity index (χ1) is 51.1. The lowest BCUT2D eigenvalue weighted by Gasteiger charge is -2.21. The minimum atomic E-state index is -4.97. The van der Waals surface area contributed by atoms with Gasteiger partial charge < -0.3 is 33.8 Å². The molecule has 0 saturated carbocycles. The molecule has 19 heteroatoms. The van der Waals surface area contributed by atoms with Gasteiger partial charge in [0.25, 0.3) is 0 Å². The van der Waals surface area contributed by atoms with Crippen molar-refractivity contribution in [2.24, 2.45) is 5.92 Å². The lowest BCUT2D eigenvalue weighted by Crippen LogP contribution is -2.30. The Bertz CT molecular complexity index is 2000. The number of carbonyl (C=O) groups is 4. The molecule has 0 aliphatic heterocycles. The smallest absolute Gasteiger partial charge is 0.462 e. The number of phosphoric ester groups is 2. The summed E-state index contributed by atoms with van der Waals surface area (Å²) in [5, 5.41) is 10.7. The van der Waals surface area contributed by atoms with Crippen LogP contribution in [-0.2, 0) is 65.4 Å². The van der Waals surface area contributed by atoms with Crippen LogP contribution in [0.2, 0.25) is 0 Å². The topological polar surface area (TPSA) is 237 Å². The number of aliphatic hydroxyl groups excluding tert-OH is 1. The van der Waals surface area contributed by atoms with Crippen LogP contribution in [0.3, 0.4) is 0 Å². The van der Waals surface area contributed by atoms with Crippen molar-refractivity contribution in [2.45, 2.75) is 483 Å². The van der Waals surface area contributed by atoms with Crippen molar-refractivity contribution in [3.05, 3.63) is 0 Å². The zero-order valence-corrected chi connectivity index (χ0v) is 70.7. The van der Waals surface area contributed by atoms with Crippen LogP contribution in [0.4, 0.5) is 0 Å². The summed E-state index contributed by atoms with van der Waals surface area (Å²) in [6, 6.07) is 0. The average molecular weight is 1540 g/mol. The minimum absolute atomic E-state index is 0.108. The van der Waals surface area contributed by atoms with Gasteiger partial charge in [0.15, 0.2) is 12.2 Å². The largest absolute Gasteiger partial charge is 0.472 e. The molecule has 0 aromatic heterocycles. The number of aliphatic hydroxyl groups is 1. The number of hydrogen-bond acceptors (Lipinski definition) is 15. The van der Waals surface area contributed by atoms with E-state index in [4.69, 9.17) is 37.0 Å². The number of rotatable bonds is 86. The predicted octanol–water partition coefficient (Wildman–Crippen LogP) is 26.4. The van der Waals surface area contributed by atoms with Crippen LogP contribution in [-0.4, -0.2) is 96.7 Å². The number of esters is 4. The Morgan fingerprint density at radius 3 is 0.676 bits per heavy atom. The Balaban J connectivity index is 5.21. The Kier molecular flexibility index (Phi) is 77.3. The molecule has 0 saturated heterocycles. The van der Waals surface area contributed by atoms with Gasteiger partial charge >= 0.3 is 39.5 Å². The molecule has 624 valence electrons. The van der Waals surface area contributed by atoms with Gasteiger partial charge in [0.05, 0.1) is 26.4 Å². The molecule has 105 heavy (non-hydrogen) atoms. The fourth-order valence-corrected chi connectivity index (χ4v) is 15.0. The van der Waals surface area contributed by atoms with Crippen LogP contribution in [0, 0.1) is 5.92 Å². The summed E-state index contributed by atoms with van der Waals surface area (Å²) in [6.45, 7) is 7.32. The van der Waals surface area contributed by atoms with E-state index in [1.165, 1.54) is 283 Å². The molecule has 17 nitrogen and oxygen atoms in total. The summed E-state index contributed by atoms with van der Waals surface area (Å²) < 4.78 is 68.9. The molecular formula is C86H168O17P2. The molecule has 0 aliphatic rings. The molecule has 0 rings (SSSR count). The molecule has 0 fully saturated rings. The Morgan fingerprint density at radius 1 is 0.267 bits per heavy atom. The Hall–Kier alpha value is -1.94. The van der Waals surface area contributed by atoms with Crippen molar-refractivity contribution >= 4 is 39.5 Å². The van der Waals surface area contributed by atoms with E-state index >= 15 is 0 Å². The van der Waals surface area contributed by atoms with Crippen LogP contribution < -0.4 is 0 Å². The first kappa shape index (κ1) is 103. The third-order valence-electron chi connectivity index (χ3n) is 20.6. The van der Waals surface area contributed by atoms with Crippen molar-refractivity contribution in [2.75, 3.05) is 39.6 Å². The highest BCUT2D eigenvalue weighted by Crippen LogP contribution is 2.45. The lowest BCUT2D eigenvalue weighted by molar-refractivity contribution is -0.161. The molecular weight excluding hydrogens is 1370 g/mol. The SMILES string of the molecule is CCCCCCCCCCCCCCCCCCCCCCCCC(=O)O[C@H](COC(=O)CCCCCCCCCCCCCCCCCCCCC)COP(=O)(O)OC[C@@H](O)COP(=O)(O)OC[C@@H](COC(=O)CCCCCCCCC(C)CC)OC(=O)CCCCCCCCCCCCCCCC. The van der Waals surface area contributed by atoms with E-state index in [-0.39, 0.29) is 25.7 Å². The van der Waals surface area contributed by atoms with Crippen LogP contribution in [0.1, 0.15) is 465 Å². The summed E-state index contributed by atoms with van der Waals surface area (Å²) in [5.74, 6) is -1.37. The van der Waals surface area contributed by atoms with Gasteiger partial charge in [0.1, 0.15) is 19.3 Å². The van der Waals surface area contributed by atoms with Gasteiger partial charge in [-0.25, -0.2) is 9.13 Å². The molecule has 0 aromatic carbocycles. The fraction of sp³-hybridized carbons (Fsp3) is 0.953. The van der Waals surface area contributed by atoms with Crippen molar-refractivity contribution < 1.29 is 80.2 Å². The Labute approximate surface area is 645 Å². The quantitative estimate of drug-likeness (QED) is 0.0222. The minimum Gasteiger partial charge on any atom is -0.462 e. The molecule has 0 radical (unpaired) electrons. The molecule has 0 bridgehead atoms. The zero-order valence-electron chi connectivity index (χ0n) is 68.9. The molecule has 6 atom stereocenters. The van der Waals surface area contributed by atoms with Crippen molar-refractivity contribution in [3.63, 3.8) is 0 Å². The highest BCUT2D eigenvalue weighted by atomic mass is 31.2. The summed E-state index contributed by atoms with van der Waals surface area (Å²) in [7, 11) is -9.93. The fourth-order valence-electron chi connectivity index (χ4n) is 13.4. The second-order valence-corrected chi connectivity index (χ2v) is 34.1. The number of carbonyl (C=O) groups excluding carboxylic acids is 4. The third kappa shape index (κ3) is 78.5. The maximum Gasteiger partial charge on any atom is 0.472 e. The van der Waals surface area contributed by atoms with Crippen LogP contribution in [0.15, 0.2) is 0 Å². The first-order valence-electron chi connectivity index (χ1n) is 44.7. The lowest BCUT2D eigenvalue weighted by atomic mass is 10.00. The van der Waals surface area contributed by atoms with E-state index < -0.39 is 97.5 Å². The molecule has 0 spiro atoms. The Morgan fingerprint density at radius 2 is 0.457 bits per heavy atom. The van der Waals surface area contributed by atoms with Gasteiger partial charge in [-0.05, 0) is 31.6 Å². The molecule has 0 amide bonds. The average Bonchev–Trinajstić information content (AvgIpc) is 0.905. The predicted molar refractivity (Wildman–Crippen MR) is 432 cm³/mol. The highest BCUT2D eigenvalue weighted by Gasteiger charge is 2.30. The first-order valence-corrected chi connectivity index (χ1v) is 47.7. The van der Waals surface area contributed by atoms with Gasteiger partial charge in [0, 0.05) is 25.7 Å². The van der Waals surface area contributed by atoms with E-state index in [1.807, 2.05) is 0 Å². The van der Waals surface area contributed by atoms with Gasteiger partial charge in [-0.2, -0.15) is 0 Å². The van der Waals surface area contributed by atoms with E-state index in [0.29, 0.717) is 25.7 Å². The maximum atomic E-state index is 13.1. The monoisotopic (exact) mass is 1540 g/mol. The summed E-state index contributed by atoms with van der Waals surface area (Å²) in [5.41, 5.74) is 0. The summed E-state index contributed by atoms with van der Waals surface area (Å²) >= 11 is 0. The zero-order chi connectivity index (χ0) is 76.9. The second kappa shape index (κ2) is 78.7. The van der Waals surface area contributed by atoms with Crippen LogP contribution >= 0.6 is 15.6 Å². The molecule has 0 heterocycles. The standard InChI is InChI=1S/C86H168O17P2/c1-6-10-13-16-19-22-25-28-31-33-35-36-37-39-41-43-46-49-52-55-62-67-72-85(90)102-81(75-96-83(88)69-64-59-53-50-47-45-42-40-38-34-32-29-26-23-20-17-14-11-7-2)77-100-104(92,93)98-73-80(87)74-99-105(94,95)101-78-82(76-97-84(89)70-65-60-57-56-58-63-68-79(5)9-4)103-86(91)71-66-61-54-51-48-44-30-27-24-21-18-15-12-8-3/h79-82,87H,6-78H2,1-5H3,(H,92,93)(H,94,95)/t79?,80-,81-,82-/m1/s1. The van der Waals surface area contributed by atoms with Gasteiger partial charge in [-0.1, -0.05) is 413 Å². The van der Waals surface area contributed by atoms with Crippen molar-refractivity contribution in [1.82, 2.24) is 0 Å². The third-order valence-corrected chi connectivity index (χ3v) is 22.5. The van der Waals surface area contributed by atoms with Gasteiger partial charge in [-0.3, -0.25) is 37.3 Å². The van der Waals surface area contributed by atoms with Gasteiger partial charge in [0.2, 0.25) is 0 Å². The molecule has 0 aromatic rings. The van der Waals surface area contributed by atoms with Crippen LogP contribution in [0.25, 0.3) is 0 Å². The summed E-state index contributed by atoms with van der Waals surface area (Å²) in [6.07, 6.45) is 72.4. The summed E-state index contributed by atoms with van der Waals surface area (Å²) in [4.78, 5) is 73.2. The molecule has 3 N–H and O–H groups in total. The van der Waals surface area contributed by atoms with Crippen molar-refractivity contribution in [3.8, 4) is 0 Å². The number of hydrogen-bond donors (Lipinski definition) is 3. The number of ether oxygens (including phenoxy) is 4. The van der Waals surface area contributed by atoms with E-state index in [1.54, 1.807) is 0 Å². The van der Waals surface area contributed by atoms with Crippen LogP contribution in [0.5, 0.6) is 0 Å². The maximum absolute atomic E-state index is 13.1. The van der Waals surface area contributed by atoms with E-state index in [0.717, 1.165) is 102 Å². The van der Waals surface area contributed by atoms with E-state index in [9.17, 15) is 43.2 Å². The molecule has 3 unspecified atom stereocenters. The number of phosphoric acid groups is 2. The van der Waals surface area contributed by atoms with Gasteiger partial charge in [-0.15, -0.1) is 0 Å². The molecule has 0 aliphatic carbocycles. The van der Waals surface area contributed by atoms with E-state index in [2.05, 4.69) is 34.6 Å². The normalized spacial score (nSPS) is 14.0.